The Labute approximate surface area is 93.4 Å². The van der Waals surface area contributed by atoms with E-state index in [1.54, 1.807) is 0 Å². The summed E-state index contributed by atoms with van der Waals surface area (Å²) < 4.78 is 0. The number of nitrogens with one attached hydrogen (secondary N) is 1. The minimum atomic E-state index is 0.763. The molecule has 0 radical (unpaired) electrons. The van der Waals surface area contributed by atoms with Crippen molar-refractivity contribution in [3.63, 3.8) is 0 Å². The van der Waals surface area contributed by atoms with Crippen LogP contribution in [0.15, 0.2) is 0 Å². The van der Waals surface area contributed by atoms with Gasteiger partial charge in [-0.15, -0.1) is 0 Å². The molecule has 15 heavy (non-hydrogen) atoms. The lowest BCUT2D eigenvalue weighted by molar-refractivity contribution is 0.133. The molecule has 3 rings (SSSR count). The number of nitrogens with zero attached hydrogens (tertiary/aromatic N) is 1. The van der Waals surface area contributed by atoms with Crippen LogP contribution in [0.25, 0.3) is 0 Å². The van der Waals surface area contributed by atoms with E-state index in [2.05, 4.69) is 17.1 Å². The van der Waals surface area contributed by atoms with Gasteiger partial charge in [0.15, 0.2) is 0 Å². The zero-order valence-corrected chi connectivity index (χ0v) is 9.91. The summed E-state index contributed by atoms with van der Waals surface area (Å²) in [4.78, 5) is 2.73. The highest BCUT2D eigenvalue weighted by atomic mass is 15.2. The molecular weight excluding hydrogens is 184 g/mol. The first kappa shape index (κ1) is 10.1. The van der Waals surface area contributed by atoms with Crippen LogP contribution in [0.5, 0.6) is 0 Å². The summed E-state index contributed by atoms with van der Waals surface area (Å²) in [6.45, 7) is 7.45. The fourth-order valence-corrected chi connectivity index (χ4v) is 3.16. The van der Waals surface area contributed by atoms with Crippen molar-refractivity contribution in [2.24, 2.45) is 17.8 Å². The van der Waals surface area contributed by atoms with Crippen molar-refractivity contribution < 1.29 is 0 Å². The summed E-state index contributed by atoms with van der Waals surface area (Å²) in [7, 11) is 0. The first-order chi connectivity index (χ1) is 7.34. The largest absolute Gasteiger partial charge is 0.314 e. The summed E-state index contributed by atoms with van der Waals surface area (Å²) in [5.41, 5.74) is 0. The molecule has 1 unspecified atom stereocenters. The molecule has 0 bridgehead atoms. The van der Waals surface area contributed by atoms with Crippen LogP contribution in [-0.2, 0) is 0 Å². The van der Waals surface area contributed by atoms with Gasteiger partial charge >= 0.3 is 0 Å². The Morgan fingerprint density at radius 2 is 1.87 bits per heavy atom. The molecule has 3 fully saturated rings. The number of hydrogen-bond acceptors (Lipinski definition) is 2. The second kappa shape index (κ2) is 4.06. The quantitative estimate of drug-likeness (QED) is 0.757. The zero-order valence-electron chi connectivity index (χ0n) is 9.91. The zero-order chi connectivity index (χ0) is 10.3. The Balaban J connectivity index is 1.56. The second-order valence-electron chi connectivity index (χ2n) is 5.89. The Morgan fingerprint density at radius 1 is 1.20 bits per heavy atom. The lowest BCUT2D eigenvalue weighted by Gasteiger charge is -2.36. The van der Waals surface area contributed by atoms with Crippen LogP contribution >= 0.6 is 0 Å². The van der Waals surface area contributed by atoms with E-state index in [-0.39, 0.29) is 0 Å². The summed E-state index contributed by atoms with van der Waals surface area (Å²) in [6, 6.07) is 0.763. The van der Waals surface area contributed by atoms with Gasteiger partial charge in [-0.2, -0.15) is 0 Å². The van der Waals surface area contributed by atoms with Crippen molar-refractivity contribution in [1.29, 1.82) is 0 Å². The molecule has 86 valence electrons. The molecule has 0 spiro atoms. The number of hydrogen-bond donors (Lipinski definition) is 1. The molecule has 1 aliphatic heterocycles. The van der Waals surface area contributed by atoms with Gasteiger partial charge in [-0.3, -0.25) is 4.90 Å². The molecule has 1 heterocycles. The highest BCUT2D eigenvalue weighted by Gasteiger charge is 2.42. The summed E-state index contributed by atoms with van der Waals surface area (Å²) in [5, 5.41) is 3.49. The van der Waals surface area contributed by atoms with Crippen LogP contribution in [0.2, 0.25) is 0 Å². The van der Waals surface area contributed by atoms with Crippen molar-refractivity contribution in [2.45, 2.75) is 38.6 Å². The van der Waals surface area contributed by atoms with Crippen LogP contribution in [0.3, 0.4) is 0 Å². The van der Waals surface area contributed by atoms with E-state index in [1.807, 2.05) is 0 Å². The Bertz CT molecular complexity index is 209. The molecule has 0 amide bonds. The molecule has 0 aromatic heterocycles. The predicted molar refractivity (Wildman–Crippen MR) is 62.8 cm³/mol. The van der Waals surface area contributed by atoms with E-state index in [0.717, 1.165) is 23.8 Å². The normalized spacial score (nSPS) is 33.6. The highest BCUT2D eigenvalue weighted by molar-refractivity contribution is 4.94. The van der Waals surface area contributed by atoms with Gasteiger partial charge in [0.05, 0.1) is 0 Å². The molecule has 1 atom stereocenters. The molecule has 1 saturated heterocycles. The van der Waals surface area contributed by atoms with Crippen LogP contribution in [0.4, 0.5) is 0 Å². The molecule has 0 aromatic rings. The molecule has 3 aliphatic rings. The van der Waals surface area contributed by atoms with Crippen molar-refractivity contribution >= 4 is 0 Å². The van der Waals surface area contributed by atoms with Gasteiger partial charge in [0.1, 0.15) is 0 Å². The maximum Gasteiger partial charge on any atom is 0.0193 e. The SMILES string of the molecule is CC1CNCCN1CC(C1CC1)C1CC1. The number of rotatable bonds is 4. The third kappa shape index (κ3) is 2.36. The summed E-state index contributed by atoms with van der Waals surface area (Å²) in [5.74, 6) is 3.28. The lowest BCUT2D eigenvalue weighted by atomic mass is 9.96. The van der Waals surface area contributed by atoms with Crippen molar-refractivity contribution in [1.82, 2.24) is 10.2 Å². The third-order valence-corrected chi connectivity index (χ3v) is 4.54. The van der Waals surface area contributed by atoms with E-state index >= 15 is 0 Å². The molecule has 2 saturated carbocycles. The summed E-state index contributed by atoms with van der Waals surface area (Å²) >= 11 is 0. The van der Waals surface area contributed by atoms with Gasteiger partial charge in [-0.25, -0.2) is 0 Å². The Kier molecular flexibility index (Phi) is 2.73. The van der Waals surface area contributed by atoms with Crippen LogP contribution in [0, 0.1) is 17.8 Å². The first-order valence-electron chi connectivity index (χ1n) is 6.79. The van der Waals surface area contributed by atoms with E-state index in [1.165, 1.54) is 51.9 Å². The van der Waals surface area contributed by atoms with E-state index in [0.29, 0.717) is 0 Å². The molecule has 2 aliphatic carbocycles. The first-order valence-corrected chi connectivity index (χ1v) is 6.79. The molecule has 2 nitrogen and oxygen atoms in total. The van der Waals surface area contributed by atoms with Crippen molar-refractivity contribution in [3.05, 3.63) is 0 Å². The Morgan fingerprint density at radius 3 is 2.40 bits per heavy atom. The molecule has 2 heteroatoms. The molecule has 1 N–H and O–H groups in total. The average molecular weight is 208 g/mol. The standard InChI is InChI=1S/C13H24N2/c1-10-8-14-6-7-15(10)9-13(11-2-3-11)12-4-5-12/h10-14H,2-9H2,1H3. The van der Waals surface area contributed by atoms with Crippen LogP contribution in [-0.4, -0.2) is 37.1 Å². The van der Waals surface area contributed by atoms with Gasteiger partial charge in [0, 0.05) is 32.2 Å². The predicted octanol–water partition coefficient (Wildman–Crippen LogP) is 1.72. The average Bonchev–Trinajstić information content (AvgIpc) is 3.10. The molecule has 0 aromatic carbocycles. The van der Waals surface area contributed by atoms with Crippen molar-refractivity contribution in [3.8, 4) is 0 Å². The summed E-state index contributed by atoms with van der Waals surface area (Å²) in [6.07, 6.45) is 6.12. The topological polar surface area (TPSA) is 15.3 Å². The maximum absolute atomic E-state index is 3.49. The van der Waals surface area contributed by atoms with E-state index in [4.69, 9.17) is 0 Å². The van der Waals surface area contributed by atoms with Crippen LogP contribution in [0.1, 0.15) is 32.6 Å². The smallest absolute Gasteiger partial charge is 0.0193 e. The lowest BCUT2D eigenvalue weighted by Crippen LogP contribution is -2.51. The monoisotopic (exact) mass is 208 g/mol. The number of piperazine rings is 1. The minimum absolute atomic E-state index is 0.763. The second-order valence-corrected chi connectivity index (χ2v) is 5.89. The van der Waals surface area contributed by atoms with Gasteiger partial charge in [0.25, 0.3) is 0 Å². The van der Waals surface area contributed by atoms with E-state index < -0.39 is 0 Å². The van der Waals surface area contributed by atoms with Gasteiger partial charge in [0.2, 0.25) is 0 Å². The van der Waals surface area contributed by atoms with Gasteiger partial charge in [-0.1, -0.05) is 0 Å². The highest BCUT2D eigenvalue weighted by Crippen LogP contribution is 2.49. The molecular formula is C13H24N2. The maximum atomic E-state index is 3.49. The Hall–Kier alpha value is -0.0800. The fourth-order valence-electron chi connectivity index (χ4n) is 3.16. The minimum Gasteiger partial charge on any atom is -0.314 e. The van der Waals surface area contributed by atoms with Crippen molar-refractivity contribution in [2.75, 3.05) is 26.2 Å². The van der Waals surface area contributed by atoms with E-state index in [9.17, 15) is 0 Å². The fraction of sp³-hybridized carbons (Fsp3) is 1.00. The van der Waals surface area contributed by atoms with Gasteiger partial charge in [-0.05, 0) is 50.4 Å². The van der Waals surface area contributed by atoms with Crippen LogP contribution < -0.4 is 5.32 Å². The van der Waals surface area contributed by atoms with Gasteiger partial charge < -0.3 is 5.32 Å². The third-order valence-electron chi connectivity index (χ3n) is 4.54.